The van der Waals surface area contributed by atoms with Gasteiger partial charge in [-0.25, -0.2) is 0 Å². The minimum atomic E-state index is 0.690. The second-order valence-corrected chi connectivity index (χ2v) is 3.00. The lowest BCUT2D eigenvalue weighted by Crippen LogP contribution is -1.69. The highest BCUT2D eigenvalue weighted by Crippen LogP contribution is 2.10. The van der Waals surface area contributed by atoms with E-state index in [0.717, 1.165) is 5.57 Å². The maximum atomic E-state index is 5.83. The zero-order valence-electron chi connectivity index (χ0n) is 8.13. The van der Waals surface area contributed by atoms with Crippen LogP contribution >= 0.6 is 11.6 Å². The van der Waals surface area contributed by atoms with Gasteiger partial charge in [0.05, 0.1) is 0 Å². The summed E-state index contributed by atoms with van der Waals surface area (Å²) in [7, 11) is 0. The molecule has 13 heavy (non-hydrogen) atoms. The summed E-state index contributed by atoms with van der Waals surface area (Å²) in [6.07, 6.45) is 13.5. The average Bonchev–Trinajstić information content (AvgIpc) is 2.10. The van der Waals surface area contributed by atoms with E-state index in [9.17, 15) is 0 Å². The van der Waals surface area contributed by atoms with Crippen molar-refractivity contribution in [1.29, 1.82) is 0 Å². The van der Waals surface area contributed by atoms with E-state index in [1.165, 1.54) is 0 Å². The molecule has 0 aliphatic rings. The van der Waals surface area contributed by atoms with Gasteiger partial charge in [-0.15, -0.1) is 0 Å². The predicted octanol–water partition coefficient (Wildman–Crippen LogP) is 4.37. The number of hydrogen-bond donors (Lipinski definition) is 0. The SMILES string of the molecule is C=C(C)/C(Cl)=C/C=C/C=C\C=C\C. The van der Waals surface area contributed by atoms with Crippen LogP contribution in [0.3, 0.4) is 0 Å². The van der Waals surface area contributed by atoms with Gasteiger partial charge in [0.15, 0.2) is 0 Å². The number of rotatable bonds is 4. The molecule has 0 radical (unpaired) electrons. The smallest absolute Gasteiger partial charge is 0.0429 e. The third-order valence-electron chi connectivity index (χ3n) is 1.29. The Hall–Kier alpha value is -1.01. The fraction of sp³-hybridized carbons (Fsp3) is 0.167. The largest absolute Gasteiger partial charge is 0.0946 e. The van der Waals surface area contributed by atoms with E-state index in [1.54, 1.807) is 0 Å². The van der Waals surface area contributed by atoms with Crippen LogP contribution in [-0.2, 0) is 0 Å². The lowest BCUT2D eigenvalue weighted by atomic mass is 10.3. The van der Waals surface area contributed by atoms with Crippen molar-refractivity contribution >= 4 is 11.6 Å². The van der Waals surface area contributed by atoms with Gasteiger partial charge in [-0.1, -0.05) is 54.6 Å². The van der Waals surface area contributed by atoms with E-state index >= 15 is 0 Å². The maximum Gasteiger partial charge on any atom is 0.0429 e. The first-order valence-corrected chi connectivity index (χ1v) is 4.54. The minimum absolute atomic E-state index is 0.690. The molecule has 0 aliphatic carbocycles. The van der Waals surface area contributed by atoms with Crippen LogP contribution in [0.1, 0.15) is 13.8 Å². The zero-order chi connectivity index (χ0) is 10.1. The first-order valence-electron chi connectivity index (χ1n) is 4.16. The molecule has 0 rings (SSSR count). The van der Waals surface area contributed by atoms with Crippen LogP contribution in [0.5, 0.6) is 0 Å². The van der Waals surface area contributed by atoms with E-state index in [0.29, 0.717) is 5.03 Å². The van der Waals surface area contributed by atoms with Crippen molar-refractivity contribution in [2.45, 2.75) is 13.8 Å². The summed E-state index contributed by atoms with van der Waals surface area (Å²) < 4.78 is 0. The van der Waals surface area contributed by atoms with Crippen LogP contribution in [0.2, 0.25) is 0 Å². The van der Waals surface area contributed by atoms with E-state index in [-0.39, 0.29) is 0 Å². The third kappa shape index (κ3) is 7.35. The molecule has 0 heterocycles. The molecule has 0 saturated heterocycles. The monoisotopic (exact) mass is 194 g/mol. The van der Waals surface area contributed by atoms with Crippen molar-refractivity contribution in [1.82, 2.24) is 0 Å². The van der Waals surface area contributed by atoms with Crippen molar-refractivity contribution in [3.8, 4) is 0 Å². The Balaban J connectivity index is 4.01. The second kappa shape index (κ2) is 7.63. The normalized spacial score (nSPS) is 13.6. The van der Waals surface area contributed by atoms with E-state index in [4.69, 9.17) is 11.6 Å². The highest BCUT2D eigenvalue weighted by Gasteiger charge is 1.86. The summed E-state index contributed by atoms with van der Waals surface area (Å²) in [4.78, 5) is 0. The van der Waals surface area contributed by atoms with Crippen LogP contribution < -0.4 is 0 Å². The third-order valence-corrected chi connectivity index (χ3v) is 1.74. The Morgan fingerprint density at radius 3 is 2.15 bits per heavy atom. The van der Waals surface area contributed by atoms with Crippen molar-refractivity contribution in [3.63, 3.8) is 0 Å². The highest BCUT2D eigenvalue weighted by molar-refractivity contribution is 6.31. The van der Waals surface area contributed by atoms with E-state index < -0.39 is 0 Å². The molecule has 0 aromatic heterocycles. The van der Waals surface area contributed by atoms with Gasteiger partial charge >= 0.3 is 0 Å². The molecule has 70 valence electrons. The average molecular weight is 195 g/mol. The van der Waals surface area contributed by atoms with Gasteiger partial charge in [0.25, 0.3) is 0 Å². The van der Waals surface area contributed by atoms with E-state index in [2.05, 4.69) is 6.58 Å². The van der Waals surface area contributed by atoms with Crippen LogP contribution in [0.15, 0.2) is 59.7 Å². The Labute approximate surface area is 85.6 Å². The summed E-state index contributed by atoms with van der Waals surface area (Å²) in [5.41, 5.74) is 0.878. The van der Waals surface area contributed by atoms with Crippen LogP contribution in [0.25, 0.3) is 0 Å². The van der Waals surface area contributed by atoms with Crippen molar-refractivity contribution < 1.29 is 0 Å². The Morgan fingerprint density at radius 2 is 1.62 bits per heavy atom. The minimum Gasteiger partial charge on any atom is -0.0946 e. The molecule has 0 aromatic rings. The van der Waals surface area contributed by atoms with Gasteiger partial charge in [-0.2, -0.15) is 0 Å². The fourth-order valence-electron chi connectivity index (χ4n) is 0.586. The van der Waals surface area contributed by atoms with Crippen LogP contribution in [0, 0.1) is 0 Å². The standard InChI is InChI=1S/C12H15Cl/c1-4-5-6-7-8-9-10-12(13)11(2)3/h4-10H,2H2,1,3H3/b5-4+,7-6-,9-8+,12-10-. The van der Waals surface area contributed by atoms with Crippen LogP contribution in [0.4, 0.5) is 0 Å². The molecule has 0 aliphatic heterocycles. The summed E-state index contributed by atoms with van der Waals surface area (Å²) in [6, 6.07) is 0. The zero-order valence-corrected chi connectivity index (χ0v) is 8.88. The molecule has 0 fully saturated rings. The van der Waals surface area contributed by atoms with Gasteiger partial charge < -0.3 is 0 Å². The lowest BCUT2D eigenvalue weighted by Gasteiger charge is -1.90. The van der Waals surface area contributed by atoms with Gasteiger partial charge in [0.2, 0.25) is 0 Å². The second-order valence-electron chi connectivity index (χ2n) is 2.59. The first kappa shape index (κ1) is 12.0. The van der Waals surface area contributed by atoms with Crippen LogP contribution in [-0.4, -0.2) is 0 Å². The molecule has 0 N–H and O–H groups in total. The van der Waals surface area contributed by atoms with Crippen molar-refractivity contribution in [2.24, 2.45) is 0 Å². The van der Waals surface area contributed by atoms with Gasteiger partial charge in [0.1, 0.15) is 0 Å². The van der Waals surface area contributed by atoms with Gasteiger partial charge in [-0.05, 0) is 25.5 Å². The molecular weight excluding hydrogens is 180 g/mol. The predicted molar refractivity (Wildman–Crippen MR) is 61.8 cm³/mol. The Morgan fingerprint density at radius 1 is 1.08 bits per heavy atom. The summed E-state index contributed by atoms with van der Waals surface area (Å²) in [5.74, 6) is 0. The Kier molecular flexibility index (Phi) is 7.04. The molecule has 0 nitrogen and oxygen atoms in total. The van der Waals surface area contributed by atoms with Crippen molar-refractivity contribution in [3.05, 3.63) is 59.7 Å². The molecule has 0 bridgehead atoms. The first-order chi connectivity index (χ1) is 6.18. The molecule has 0 aromatic carbocycles. The molecule has 0 atom stereocenters. The summed E-state index contributed by atoms with van der Waals surface area (Å²) in [6.45, 7) is 7.58. The van der Waals surface area contributed by atoms with Gasteiger partial charge in [-0.3, -0.25) is 0 Å². The molecule has 0 unspecified atom stereocenters. The topological polar surface area (TPSA) is 0 Å². The van der Waals surface area contributed by atoms with Crippen molar-refractivity contribution in [2.75, 3.05) is 0 Å². The highest BCUT2D eigenvalue weighted by atomic mass is 35.5. The number of halogens is 1. The molecular formula is C12H15Cl. The Bertz CT molecular complexity index is 265. The number of allylic oxidation sites excluding steroid dienone is 9. The quantitative estimate of drug-likeness (QED) is 0.583. The van der Waals surface area contributed by atoms with E-state index in [1.807, 2.05) is 56.4 Å². The number of hydrogen-bond acceptors (Lipinski definition) is 0. The fourth-order valence-corrected chi connectivity index (χ4v) is 0.659. The van der Waals surface area contributed by atoms with Gasteiger partial charge in [0, 0.05) is 5.03 Å². The maximum absolute atomic E-state index is 5.83. The molecule has 1 heteroatoms. The molecule has 0 amide bonds. The summed E-state index contributed by atoms with van der Waals surface area (Å²) >= 11 is 5.83. The molecule has 0 saturated carbocycles. The lowest BCUT2D eigenvalue weighted by molar-refractivity contribution is 1.52. The summed E-state index contributed by atoms with van der Waals surface area (Å²) in [5, 5.41) is 0.690. The molecule has 0 spiro atoms.